The van der Waals surface area contributed by atoms with Crippen molar-refractivity contribution in [3.8, 4) is 11.5 Å². The van der Waals surface area contributed by atoms with Crippen molar-refractivity contribution in [3.63, 3.8) is 0 Å². The fourth-order valence-corrected chi connectivity index (χ4v) is 0.966. The van der Waals surface area contributed by atoms with Gasteiger partial charge >= 0.3 is 6.36 Å². The topological polar surface area (TPSA) is 42.4 Å². The van der Waals surface area contributed by atoms with Crippen LogP contribution in [-0.4, -0.2) is 16.5 Å². The van der Waals surface area contributed by atoms with E-state index in [-0.39, 0.29) is 5.69 Å². The van der Waals surface area contributed by atoms with Crippen molar-refractivity contribution in [3.05, 3.63) is 17.5 Å². The summed E-state index contributed by atoms with van der Waals surface area (Å²) in [6, 6.07) is 0. The van der Waals surface area contributed by atoms with E-state index in [0.29, 0.717) is 6.20 Å². The Kier molecular flexibility index (Phi) is 3.20. The van der Waals surface area contributed by atoms with Crippen molar-refractivity contribution in [2.75, 3.05) is 0 Å². The van der Waals surface area contributed by atoms with E-state index in [0.717, 1.165) is 6.92 Å². The standard InChI is InChI=1S/C8H6F5NO2/c1-3-5(15)6(16-8(11,12)13)4(2-14-3)7(9)10/h2,7,15H,1H3. The van der Waals surface area contributed by atoms with Crippen LogP contribution in [-0.2, 0) is 0 Å². The molecular formula is C8H6F5NO2. The molecule has 90 valence electrons. The van der Waals surface area contributed by atoms with Gasteiger partial charge in [0.25, 0.3) is 6.43 Å². The summed E-state index contributed by atoms with van der Waals surface area (Å²) in [6.45, 7) is 1.16. The maximum absolute atomic E-state index is 12.3. The summed E-state index contributed by atoms with van der Waals surface area (Å²) in [5, 5.41) is 9.17. The molecular weight excluding hydrogens is 237 g/mol. The van der Waals surface area contributed by atoms with Gasteiger partial charge in [-0.3, -0.25) is 4.98 Å². The van der Waals surface area contributed by atoms with Crippen LogP contribution in [0.3, 0.4) is 0 Å². The lowest BCUT2D eigenvalue weighted by molar-refractivity contribution is -0.275. The van der Waals surface area contributed by atoms with Crippen LogP contribution in [0, 0.1) is 6.92 Å². The first-order valence-electron chi connectivity index (χ1n) is 3.94. The number of rotatable bonds is 2. The van der Waals surface area contributed by atoms with Crippen LogP contribution in [0.4, 0.5) is 22.0 Å². The predicted octanol–water partition coefficient (Wildman–Crippen LogP) is 2.93. The van der Waals surface area contributed by atoms with E-state index in [1.54, 1.807) is 0 Å². The average molecular weight is 243 g/mol. The van der Waals surface area contributed by atoms with Gasteiger partial charge in [0.2, 0.25) is 0 Å². The van der Waals surface area contributed by atoms with Crippen molar-refractivity contribution in [1.82, 2.24) is 4.98 Å². The minimum atomic E-state index is -5.16. The van der Waals surface area contributed by atoms with Gasteiger partial charge in [-0.25, -0.2) is 8.78 Å². The minimum Gasteiger partial charge on any atom is -0.503 e. The van der Waals surface area contributed by atoms with Gasteiger partial charge in [0.15, 0.2) is 11.5 Å². The largest absolute Gasteiger partial charge is 0.573 e. The van der Waals surface area contributed by atoms with Crippen LogP contribution < -0.4 is 4.74 Å². The molecule has 0 aliphatic carbocycles. The second kappa shape index (κ2) is 4.11. The lowest BCUT2D eigenvalue weighted by atomic mass is 10.2. The predicted molar refractivity (Wildman–Crippen MR) is 42.3 cm³/mol. The molecule has 0 aliphatic heterocycles. The highest BCUT2D eigenvalue weighted by Crippen LogP contribution is 2.40. The van der Waals surface area contributed by atoms with Crippen molar-refractivity contribution in [2.24, 2.45) is 0 Å². The van der Waals surface area contributed by atoms with Crippen molar-refractivity contribution < 1.29 is 31.8 Å². The lowest BCUT2D eigenvalue weighted by Crippen LogP contribution is -2.18. The molecule has 1 aromatic heterocycles. The molecule has 3 nitrogen and oxygen atoms in total. The molecule has 0 bridgehead atoms. The van der Waals surface area contributed by atoms with Gasteiger partial charge in [-0.05, 0) is 6.92 Å². The molecule has 0 saturated carbocycles. The van der Waals surface area contributed by atoms with E-state index in [4.69, 9.17) is 5.11 Å². The van der Waals surface area contributed by atoms with Crippen molar-refractivity contribution in [1.29, 1.82) is 0 Å². The molecule has 0 radical (unpaired) electrons. The third-order valence-corrected chi connectivity index (χ3v) is 1.67. The molecule has 0 aliphatic rings. The van der Waals surface area contributed by atoms with Crippen molar-refractivity contribution >= 4 is 0 Å². The Labute approximate surface area is 86.5 Å². The van der Waals surface area contributed by atoms with E-state index >= 15 is 0 Å². The highest BCUT2D eigenvalue weighted by atomic mass is 19.4. The third-order valence-electron chi connectivity index (χ3n) is 1.67. The summed E-state index contributed by atoms with van der Waals surface area (Å²) in [4.78, 5) is 3.31. The summed E-state index contributed by atoms with van der Waals surface area (Å²) < 4.78 is 63.7. The van der Waals surface area contributed by atoms with Crippen LogP contribution in [0.15, 0.2) is 6.20 Å². The zero-order valence-electron chi connectivity index (χ0n) is 7.85. The molecule has 0 amide bonds. The molecule has 0 saturated heterocycles. The number of aryl methyl sites for hydroxylation is 1. The number of hydrogen-bond donors (Lipinski definition) is 1. The summed E-state index contributed by atoms with van der Waals surface area (Å²) in [6.07, 6.45) is -7.85. The zero-order valence-corrected chi connectivity index (χ0v) is 7.85. The number of aromatic nitrogens is 1. The normalized spacial score (nSPS) is 11.9. The lowest BCUT2D eigenvalue weighted by Gasteiger charge is -2.14. The maximum Gasteiger partial charge on any atom is 0.573 e. The Morgan fingerprint density at radius 3 is 2.38 bits per heavy atom. The SMILES string of the molecule is Cc1ncc(C(F)F)c(OC(F)(F)F)c1O. The molecule has 0 spiro atoms. The van der Waals surface area contributed by atoms with Crippen LogP contribution in [0.25, 0.3) is 0 Å². The fourth-order valence-electron chi connectivity index (χ4n) is 0.966. The molecule has 1 heterocycles. The number of nitrogens with zero attached hydrogens (tertiary/aromatic N) is 1. The van der Waals surface area contributed by atoms with Crippen LogP contribution in [0.2, 0.25) is 0 Å². The van der Waals surface area contributed by atoms with E-state index in [1.165, 1.54) is 0 Å². The van der Waals surface area contributed by atoms with Crippen LogP contribution in [0.5, 0.6) is 11.5 Å². The number of halogens is 5. The van der Waals surface area contributed by atoms with Gasteiger partial charge in [-0.15, -0.1) is 13.2 Å². The Morgan fingerprint density at radius 1 is 1.38 bits per heavy atom. The fraction of sp³-hybridized carbons (Fsp3) is 0.375. The molecule has 0 aromatic carbocycles. The Hall–Kier alpha value is -1.60. The second-order valence-corrected chi connectivity index (χ2v) is 2.83. The van der Waals surface area contributed by atoms with Gasteiger partial charge in [0.1, 0.15) is 0 Å². The van der Waals surface area contributed by atoms with Crippen molar-refractivity contribution in [2.45, 2.75) is 19.7 Å². The van der Waals surface area contributed by atoms with Crippen LogP contribution in [0.1, 0.15) is 17.7 Å². The number of hydrogen-bond acceptors (Lipinski definition) is 3. The summed E-state index contributed by atoms with van der Waals surface area (Å²) in [5.74, 6) is -2.36. The van der Waals surface area contributed by atoms with Gasteiger partial charge in [0, 0.05) is 6.20 Å². The summed E-state index contributed by atoms with van der Waals surface area (Å²) >= 11 is 0. The van der Waals surface area contributed by atoms with Gasteiger partial charge < -0.3 is 9.84 Å². The molecule has 1 aromatic rings. The molecule has 16 heavy (non-hydrogen) atoms. The highest BCUT2D eigenvalue weighted by molar-refractivity contribution is 5.47. The molecule has 1 rings (SSSR count). The zero-order chi connectivity index (χ0) is 12.5. The Bertz CT molecular complexity index is 391. The summed E-state index contributed by atoms with van der Waals surface area (Å²) in [5.41, 5.74) is -1.34. The molecule has 8 heteroatoms. The Morgan fingerprint density at radius 2 is 1.94 bits per heavy atom. The van der Waals surface area contributed by atoms with E-state index in [9.17, 15) is 22.0 Å². The highest BCUT2D eigenvalue weighted by Gasteiger charge is 2.35. The van der Waals surface area contributed by atoms with E-state index in [2.05, 4.69) is 9.72 Å². The smallest absolute Gasteiger partial charge is 0.503 e. The number of ether oxygens (including phenoxy) is 1. The first-order valence-corrected chi connectivity index (χ1v) is 3.94. The molecule has 0 atom stereocenters. The second-order valence-electron chi connectivity index (χ2n) is 2.83. The monoisotopic (exact) mass is 243 g/mol. The first-order chi connectivity index (χ1) is 7.22. The van der Waals surface area contributed by atoms with Gasteiger partial charge in [-0.1, -0.05) is 0 Å². The average Bonchev–Trinajstić information content (AvgIpc) is 2.10. The Balaban J connectivity index is 3.26. The molecule has 0 fully saturated rings. The number of pyridine rings is 1. The quantitative estimate of drug-likeness (QED) is 0.812. The third kappa shape index (κ3) is 2.71. The van der Waals surface area contributed by atoms with Gasteiger partial charge in [-0.2, -0.15) is 0 Å². The minimum absolute atomic E-state index is 0.233. The van der Waals surface area contributed by atoms with Gasteiger partial charge in [0.05, 0.1) is 11.3 Å². The molecule has 1 N–H and O–H groups in total. The maximum atomic E-state index is 12.3. The number of alkyl halides is 5. The van der Waals surface area contributed by atoms with Crippen LogP contribution >= 0.6 is 0 Å². The van der Waals surface area contributed by atoms with E-state index in [1.807, 2.05) is 0 Å². The molecule has 0 unspecified atom stereocenters. The van der Waals surface area contributed by atoms with E-state index < -0.39 is 29.9 Å². The first kappa shape index (κ1) is 12.5. The number of aromatic hydroxyl groups is 1. The summed E-state index contributed by atoms with van der Waals surface area (Å²) in [7, 11) is 0.